The average Bonchev–Trinajstić information content (AvgIpc) is 2.85. The van der Waals surface area contributed by atoms with E-state index in [-0.39, 0.29) is 5.91 Å². The summed E-state index contributed by atoms with van der Waals surface area (Å²) in [7, 11) is 0. The maximum atomic E-state index is 11.7. The summed E-state index contributed by atoms with van der Waals surface area (Å²) in [6, 6.07) is 8.56. The van der Waals surface area contributed by atoms with Crippen LogP contribution >= 0.6 is 11.6 Å². The van der Waals surface area contributed by atoms with Crippen LogP contribution in [0.3, 0.4) is 0 Å². The van der Waals surface area contributed by atoms with Gasteiger partial charge in [0.25, 0.3) is 5.91 Å². The van der Waals surface area contributed by atoms with Crippen molar-refractivity contribution in [3.05, 3.63) is 58.5 Å². The van der Waals surface area contributed by atoms with Gasteiger partial charge in [0.2, 0.25) is 0 Å². The maximum absolute atomic E-state index is 11.7. The van der Waals surface area contributed by atoms with Crippen LogP contribution in [0, 0.1) is 6.92 Å². The van der Waals surface area contributed by atoms with Gasteiger partial charge in [-0.25, -0.2) is 5.43 Å². The van der Waals surface area contributed by atoms with Crippen molar-refractivity contribution in [3.63, 3.8) is 0 Å². The van der Waals surface area contributed by atoms with Crippen LogP contribution in [0.5, 0.6) is 0 Å². The number of amides is 1. The molecule has 0 fully saturated rings. The fourth-order valence-electron chi connectivity index (χ4n) is 1.32. The molecule has 1 aromatic carbocycles. The van der Waals surface area contributed by atoms with Crippen LogP contribution in [0.2, 0.25) is 5.02 Å². The van der Waals surface area contributed by atoms with E-state index in [1.165, 1.54) is 12.5 Å². The first-order chi connectivity index (χ1) is 8.66. The highest BCUT2D eigenvalue weighted by Crippen LogP contribution is 2.16. The molecule has 0 saturated carbocycles. The minimum Gasteiger partial charge on any atom is -0.463 e. The number of hydrogen-bond acceptors (Lipinski definition) is 3. The van der Waals surface area contributed by atoms with E-state index in [2.05, 4.69) is 10.5 Å². The van der Waals surface area contributed by atoms with Crippen molar-refractivity contribution in [2.24, 2.45) is 5.10 Å². The van der Waals surface area contributed by atoms with E-state index in [1.54, 1.807) is 30.3 Å². The predicted molar refractivity (Wildman–Crippen MR) is 70.0 cm³/mol. The molecule has 0 aliphatic heterocycles. The van der Waals surface area contributed by atoms with E-state index >= 15 is 0 Å². The highest BCUT2D eigenvalue weighted by Gasteiger charge is 2.05. The number of carbonyl (C=O) groups is 1. The van der Waals surface area contributed by atoms with E-state index in [0.29, 0.717) is 16.3 Å². The number of halogens is 1. The molecule has 1 N–H and O–H groups in total. The molecule has 18 heavy (non-hydrogen) atoms. The molecule has 1 aromatic heterocycles. The number of benzene rings is 1. The first-order valence-corrected chi connectivity index (χ1v) is 5.67. The van der Waals surface area contributed by atoms with Gasteiger partial charge >= 0.3 is 0 Å². The Kier molecular flexibility index (Phi) is 3.79. The third kappa shape index (κ3) is 2.99. The zero-order valence-electron chi connectivity index (χ0n) is 9.68. The van der Waals surface area contributed by atoms with E-state index < -0.39 is 0 Å². The summed E-state index contributed by atoms with van der Waals surface area (Å²) in [5.74, 6) is 0.247. The molecule has 0 saturated heterocycles. The zero-order valence-corrected chi connectivity index (χ0v) is 10.4. The van der Waals surface area contributed by atoms with Crippen molar-refractivity contribution < 1.29 is 9.21 Å². The monoisotopic (exact) mass is 262 g/mol. The second-order valence-corrected chi connectivity index (χ2v) is 4.09. The number of hydrogen-bond donors (Lipinski definition) is 1. The number of nitrogens with one attached hydrogen (secondary N) is 1. The molecule has 4 nitrogen and oxygen atoms in total. The second-order valence-electron chi connectivity index (χ2n) is 3.68. The summed E-state index contributed by atoms with van der Waals surface area (Å²) in [5, 5.41) is 4.33. The van der Waals surface area contributed by atoms with Crippen LogP contribution in [0.25, 0.3) is 0 Å². The summed E-state index contributed by atoms with van der Waals surface area (Å²) >= 11 is 5.94. The molecule has 1 amide bonds. The topological polar surface area (TPSA) is 54.6 Å². The van der Waals surface area contributed by atoms with Gasteiger partial charge < -0.3 is 4.42 Å². The van der Waals surface area contributed by atoms with E-state index in [9.17, 15) is 4.79 Å². The lowest BCUT2D eigenvalue weighted by Crippen LogP contribution is -2.17. The zero-order chi connectivity index (χ0) is 13.0. The lowest BCUT2D eigenvalue weighted by molar-refractivity contribution is 0.0955. The van der Waals surface area contributed by atoms with Gasteiger partial charge in [-0.3, -0.25) is 4.79 Å². The Balaban J connectivity index is 2.01. The first kappa shape index (κ1) is 12.4. The molecule has 0 radical (unpaired) electrons. The largest absolute Gasteiger partial charge is 0.463 e. The Morgan fingerprint density at radius 1 is 1.44 bits per heavy atom. The molecule has 0 unspecified atom stereocenters. The van der Waals surface area contributed by atoms with Crippen molar-refractivity contribution in [1.29, 1.82) is 0 Å². The standard InChI is InChI=1S/C13H11ClN2O2/c1-9-4-5-10(7-12(9)14)13(17)16-15-8-11-3-2-6-18-11/h2-8H,1H3,(H,16,17)/b15-8-. The fraction of sp³-hybridized carbons (Fsp3) is 0.0769. The Bertz CT molecular complexity index is 577. The first-order valence-electron chi connectivity index (χ1n) is 5.30. The van der Waals surface area contributed by atoms with E-state index in [0.717, 1.165) is 5.56 Å². The summed E-state index contributed by atoms with van der Waals surface area (Å²) < 4.78 is 5.03. The lowest BCUT2D eigenvalue weighted by atomic mass is 10.1. The van der Waals surface area contributed by atoms with Gasteiger partial charge in [-0.1, -0.05) is 17.7 Å². The highest BCUT2D eigenvalue weighted by molar-refractivity contribution is 6.31. The Hall–Kier alpha value is -2.07. The van der Waals surface area contributed by atoms with Gasteiger partial charge in [0.1, 0.15) is 5.76 Å². The maximum Gasteiger partial charge on any atom is 0.271 e. The SMILES string of the molecule is Cc1ccc(C(=O)N/N=C\c2ccco2)cc1Cl. The number of rotatable bonds is 3. The molecule has 0 aliphatic rings. The van der Waals surface area contributed by atoms with Crippen molar-refractivity contribution >= 4 is 23.7 Å². The molecule has 1 heterocycles. The molecule has 0 bridgehead atoms. The minimum atomic E-state index is -0.320. The summed E-state index contributed by atoms with van der Waals surface area (Å²) in [6.45, 7) is 1.87. The van der Waals surface area contributed by atoms with Crippen molar-refractivity contribution in [2.45, 2.75) is 6.92 Å². The highest BCUT2D eigenvalue weighted by atomic mass is 35.5. The van der Waals surface area contributed by atoms with Crippen molar-refractivity contribution in [1.82, 2.24) is 5.43 Å². The number of furan rings is 1. The molecular weight excluding hydrogens is 252 g/mol. The number of nitrogens with zero attached hydrogens (tertiary/aromatic N) is 1. The molecule has 5 heteroatoms. The molecular formula is C13H11ClN2O2. The van der Waals surface area contributed by atoms with E-state index in [4.69, 9.17) is 16.0 Å². The molecule has 92 valence electrons. The van der Waals surface area contributed by atoms with Crippen molar-refractivity contribution in [3.8, 4) is 0 Å². The fourth-order valence-corrected chi connectivity index (χ4v) is 1.50. The Labute approximate surface area is 109 Å². The van der Waals surface area contributed by atoms with Gasteiger partial charge in [0, 0.05) is 10.6 Å². The van der Waals surface area contributed by atoms with Gasteiger partial charge in [-0.15, -0.1) is 0 Å². The molecule has 2 rings (SSSR count). The molecule has 0 atom stereocenters. The summed E-state index contributed by atoms with van der Waals surface area (Å²) in [4.78, 5) is 11.7. The molecule has 0 spiro atoms. The van der Waals surface area contributed by atoms with Crippen molar-refractivity contribution in [2.75, 3.05) is 0 Å². The predicted octanol–water partition coefficient (Wildman–Crippen LogP) is 3.01. The average molecular weight is 263 g/mol. The van der Waals surface area contributed by atoms with Gasteiger partial charge in [0.15, 0.2) is 0 Å². The van der Waals surface area contributed by atoms with Gasteiger partial charge in [0.05, 0.1) is 12.5 Å². The second kappa shape index (κ2) is 5.51. The minimum absolute atomic E-state index is 0.320. The number of aryl methyl sites for hydroxylation is 1. The Morgan fingerprint density at radius 3 is 2.94 bits per heavy atom. The third-order valence-corrected chi connectivity index (χ3v) is 2.74. The van der Waals surface area contributed by atoms with Crippen LogP contribution in [-0.4, -0.2) is 12.1 Å². The summed E-state index contributed by atoms with van der Waals surface area (Å²) in [6.07, 6.45) is 2.95. The lowest BCUT2D eigenvalue weighted by Gasteiger charge is -2.02. The van der Waals surface area contributed by atoms with Gasteiger partial charge in [-0.05, 0) is 36.8 Å². The normalized spacial score (nSPS) is 10.8. The van der Waals surface area contributed by atoms with Crippen LogP contribution in [0.15, 0.2) is 46.1 Å². The number of carbonyl (C=O) groups excluding carboxylic acids is 1. The number of hydrazone groups is 1. The van der Waals surface area contributed by atoms with Gasteiger partial charge in [-0.2, -0.15) is 5.10 Å². The summed E-state index contributed by atoms with van der Waals surface area (Å²) in [5.41, 5.74) is 3.78. The quantitative estimate of drug-likeness (QED) is 0.683. The van der Waals surface area contributed by atoms with Crippen LogP contribution in [0.1, 0.15) is 21.7 Å². The molecule has 0 aliphatic carbocycles. The van der Waals surface area contributed by atoms with E-state index in [1.807, 2.05) is 6.92 Å². The smallest absolute Gasteiger partial charge is 0.271 e. The van der Waals surface area contributed by atoms with Crippen LogP contribution < -0.4 is 5.43 Å². The Morgan fingerprint density at radius 2 is 2.28 bits per heavy atom. The molecule has 2 aromatic rings. The van der Waals surface area contributed by atoms with Crippen LogP contribution in [0.4, 0.5) is 0 Å². The van der Waals surface area contributed by atoms with Crippen LogP contribution in [-0.2, 0) is 0 Å². The third-order valence-electron chi connectivity index (χ3n) is 2.34.